The van der Waals surface area contributed by atoms with Gasteiger partial charge in [-0.1, -0.05) is 12.1 Å². The van der Waals surface area contributed by atoms with Gasteiger partial charge in [0.1, 0.15) is 6.54 Å². The number of nitrogens with one attached hydrogen (secondary N) is 2. The molecule has 0 radical (unpaired) electrons. The Balaban J connectivity index is 1.67. The lowest BCUT2D eigenvalue weighted by molar-refractivity contribution is -0.116. The number of rotatable bonds is 7. The summed E-state index contributed by atoms with van der Waals surface area (Å²) in [6.45, 7) is 5.73. The first-order valence-electron chi connectivity index (χ1n) is 9.47. The van der Waals surface area contributed by atoms with E-state index < -0.39 is 5.97 Å². The molecule has 0 aliphatic rings. The number of hydrogen-bond donors (Lipinski definition) is 2. The Labute approximate surface area is 178 Å². The molecule has 0 saturated carbocycles. The minimum absolute atomic E-state index is 0.0584. The Hall–Kier alpha value is -3.39. The van der Waals surface area contributed by atoms with Gasteiger partial charge in [0.15, 0.2) is 0 Å². The zero-order valence-corrected chi connectivity index (χ0v) is 17.8. The molecule has 3 rings (SSSR count). The third-order valence-corrected chi connectivity index (χ3v) is 5.39. The van der Waals surface area contributed by atoms with Gasteiger partial charge in [-0.2, -0.15) is 0 Å². The summed E-state index contributed by atoms with van der Waals surface area (Å²) in [6.07, 6.45) is 0. The lowest BCUT2D eigenvalue weighted by Gasteiger charge is -2.12. The van der Waals surface area contributed by atoms with E-state index in [9.17, 15) is 14.4 Å². The van der Waals surface area contributed by atoms with Crippen LogP contribution in [0.1, 0.15) is 38.3 Å². The first kappa shape index (κ1) is 21.3. The number of ether oxygens (including phenoxy) is 1. The van der Waals surface area contributed by atoms with E-state index in [1.807, 2.05) is 18.4 Å². The van der Waals surface area contributed by atoms with E-state index in [-0.39, 0.29) is 18.4 Å². The molecule has 3 aromatic rings. The van der Waals surface area contributed by atoms with Gasteiger partial charge in [-0.05, 0) is 56.5 Å². The predicted molar refractivity (Wildman–Crippen MR) is 117 cm³/mol. The van der Waals surface area contributed by atoms with Gasteiger partial charge in [-0.15, -0.1) is 11.3 Å². The van der Waals surface area contributed by atoms with Crippen LogP contribution in [0.4, 0.5) is 11.4 Å². The Morgan fingerprint density at radius 3 is 2.43 bits per heavy atom. The Morgan fingerprint density at radius 1 is 1.03 bits per heavy atom. The first-order valence-corrected chi connectivity index (χ1v) is 10.4. The van der Waals surface area contributed by atoms with Crippen LogP contribution in [0.25, 0.3) is 0 Å². The first-order chi connectivity index (χ1) is 14.4. The van der Waals surface area contributed by atoms with Gasteiger partial charge in [0.05, 0.1) is 17.0 Å². The van der Waals surface area contributed by atoms with Crippen molar-refractivity contribution in [2.75, 3.05) is 17.2 Å². The Morgan fingerprint density at radius 2 is 1.77 bits per heavy atom. The Kier molecular flexibility index (Phi) is 6.68. The van der Waals surface area contributed by atoms with Crippen molar-refractivity contribution in [3.63, 3.8) is 0 Å². The van der Waals surface area contributed by atoms with Crippen molar-refractivity contribution in [1.82, 2.24) is 4.57 Å². The SMILES string of the molecule is CCOC(=O)c1cc(C)n(CC(=O)Nc2cccc(NC(=O)c3cccs3)c2)c1C. The molecule has 0 aliphatic carbocycles. The van der Waals surface area contributed by atoms with Crippen LogP contribution in [0.2, 0.25) is 0 Å². The number of carbonyl (C=O) groups excluding carboxylic acids is 3. The van der Waals surface area contributed by atoms with Crippen LogP contribution in [0.15, 0.2) is 47.8 Å². The van der Waals surface area contributed by atoms with E-state index >= 15 is 0 Å². The molecule has 1 aromatic carbocycles. The highest BCUT2D eigenvalue weighted by molar-refractivity contribution is 7.12. The molecule has 156 valence electrons. The van der Waals surface area contributed by atoms with Crippen LogP contribution < -0.4 is 10.6 Å². The third kappa shape index (κ3) is 4.96. The van der Waals surface area contributed by atoms with E-state index in [0.717, 1.165) is 5.69 Å². The van der Waals surface area contributed by atoms with Crippen molar-refractivity contribution in [3.8, 4) is 0 Å². The summed E-state index contributed by atoms with van der Waals surface area (Å²) < 4.78 is 6.83. The molecule has 30 heavy (non-hydrogen) atoms. The van der Waals surface area contributed by atoms with Gasteiger partial charge in [0.2, 0.25) is 5.91 Å². The van der Waals surface area contributed by atoms with Crippen molar-refractivity contribution >= 4 is 40.5 Å². The molecule has 7 nitrogen and oxygen atoms in total. The maximum atomic E-state index is 12.6. The van der Waals surface area contributed by atoms with Crippen LogP contribution in [-0.2, 0) is 16.1 Å². The third-order valence-electron chi connectivity index (χ3n) is 4.52. The lowest BCUT2D eigenvalue weighted by atomic mass is 10.2. The average molecular weight is 426 g/mol. The highest BCUT2D eigenvalue weighted by Crippen LogP contribution is 2.19. The standard InChI is InChI=1S/C22H23N3O4S/c1-4-29-22(28)18-11-14(2)25(15(18)3)13-20(26)23-16-7-5-8-17(12-16)24-21(27)19-9-6-10-30-19/h5-12H,4,13H2,1-3H3,(H,23,26)(H,24,27). The molecule has 0 aliphatic heterocycles. The summed E-state index contributed by atoms with van der Waals surface area (Å²) in [5.74, 6) is -0.834. The van der Waals surface area contributed by atoms with Crippen LogP contribution >= 0.6 is 11.3 Å². The number of thiophene rings is 1. The molecule has 0 unspecified atom stereocenters. The van der Waals surface area contributed by atoms with Gasteiger partial charge in [0, 0.05) is 22.8 Å². The van der Waals surface area contributed by atoms with Crippen LogP contribution in [0.3, 0.4) is 0 Å². The van der Waals surface area contributed by atoms with Crippen LogP contribution in [-0.4, -0.2) is 29.0 Å². The maximum absolute atomic E-state index is 12.6. The zero-order valence-electron chi connectivity index (χ0n) is 17.0. The van der Waals surface area contributed by atoms with Gasteiger partial charge < -0.3 is 19.9 Å². The number of carbonyl (C=O) groups is 3. The van der Waals surface area contributed by atoms with E-state index in [1.54, 1.807) is 54.8 Å². The summed E-state index contributed by atoms with van der Waals surface area (Å²) in [4.78, 5) is 37.4. The van der Waals surface area contributed by atoms with Crippen molar-refractivity contribution in [2.45, 2.75) is 27.3 Å². The predicted octanol–water partition coefficient (Wildman–Crippen LogP) is 4.23. The molecule has 2 aromatic heterocycles. The summed E-state index contributed by atoms with van der Waals surface area (Å²) in [5, 5.41) is 7.49. The van der Waals surface area contributed by atoms with E-state index in [4.69, 9.17) is 4.74 Å². The fourth-order valence-electron chi connectivity index (χ4n) is 3.08. The molecular weight excluding hydrogens is 402 g/mol. The highest BCUT2D eigenvalue weighted by atomic mass is 32.1. The van der Waals surface area contributed by atoms with Gasteiger partial charge in [-0.25, -0.2) is 4.79 Å². The van der Waals surface area contributed by atoms with Gasteiger partial charge in [-0.3, -0.25) is 9.59 Å². The van der Waals surface area contributed by atoms with E-state index in [1.165, 1.54) is 11.3 Å². The normalized spacial score (nSPS) is 10.5. The topological polar surface area (TPSA) is 89.4 Å². The minimum atomic E-state index is -0.397. The zero-order chi connectivity index (χ0) is 21.7. The number of hydrogen-bond acceptors (Lipinski definition) is 5. The van der Waals surface area contributed by atoms with E-state index in [0.29, 0.717) is 34.1 Å². The van der Waals surface area contributed by atoms with Crippen LogP contribution in [0, 0.1) is 13.8 Å². The fourth-order valence-corrected chi connectivity index (χ4v) is 3.70. The molecule has 2 heterocycles. The molecule has 2 amide bonds. The number of benzene rings is 1. The van der Waals surface area contributed by atoms with Crippen molar-refractivity contribution in [2.24, 2.45) is 0 Å². The number of nitrogens with zero attached hydrogens (tertiary/aromatic N) is 1. The molecule has 0 fully saturated rings. The maximum Gasteiger partial charge on any atom is 0.339 e. The largest absolute Gasteiger partial charge is 0.462 e. The second-order valence-electron chi connectivity index (χ2n) is 6.65. The molecule has 8 heteroatoms. The minimum Gasteiger partial charge on any atom is -0.462 e. The number of aromatic nitrogens is 1. The van der Waals surface area contributed by atoms with E-state index in [2.05, 4.69) is 10.6 Å². The molecule has 2 N–H and O–H groups in total. The van der Waals surface area contributed by atoms with Crippen molar-refractivity contribution in [1.29, 1.82) is 0 Å². The summed E-state index contributed by atoms with van der Waals surface area (Å²) in [7, 11) is 0. The molecule has 0 saturated heterocycles. The quantitative estimate of drug-likeness (QED) is 0.554. The molecule has 0 atom stereocenters. The van der Waals surface area contributed by atoms with Crippen molar-refractivity contribution in [3.05, 3.63) is 69.7 Å². The Bertz CT molecular complexity index is 1070. The lowest BCUT2D eigenvalue weighted by Crippen LogP contribution is -2.20. The average Bonchev–Trinajstić information content (AvgIpc) is 3.33. The molecule has 0 bridgehead atoms. The summed E-state index contributed by atoms with van der Waals surface area (Å²) in [6, 6.07) is 12.2. The van der Waals surface area contributed by atoms with Gasteiger partial charge >= 0.3 is 5.97 Å². The fraction of sp³-hybridized carbons (Fsp3) is 0.227. The van der Waals surface area contributed by atoms with Gasteiger partial charge in [0.25, 0.3) is 5.91 Å². The second kappa shape index (κ2) is 9.41. The number of anilines is 2. The highest BCUT2D eigenvalue weighted by Gasteiger charge is 2.18. The summed E-state index contributed by atoms with van der Waals surface area (Å²) in [5.41, 5.74) is 3.09. The smallest absolute Gasteiger partial charge is 0.339 e. The number of esters is 1. The number of aryl methyl sites for hydroxylation is 1. The molecular formula is C22H23N3O4S. The van der Waals surface area contributed by atoms with Crippen molar-refractivity contribution < 1.29 is 19.1 Å². The molecule has 0 spiro atoms. The second-order valence-corrected chi connectivity index (χ2v) is 7.60. The monoisotopic (exact) mass is 425 g/mol. The van der Waals surface area contributed by atoms with Crippen LogP contribution in [0.5, 0.6) is 0 Å². The number of amides is 2. The summed E-state index contributed by atoms with van der Waals surface area (Å²) >= 11 is 1.36.